The van der Waals surface area contributed by atoms with Crippen LogP contribution in [0.15, 0.2) is 39.8 Å². The highest BCUT2D eigenvalue weighted by Gasteiger charge is 2.11. The fourth-order valence-corrected chi connectivity index (χ4v) is 2.63. The lowest BCUT2D eigenvalue weighted by atomic mass is 10.3. The summed E-state index contributed by atoms with van der Waals surface area (Å²) >= 11 is 3.27. The number of nitrogens with two attached hydrogens (primary N) is 1. The van der Waals surface area contributed by atoms with E-state index in [4.69, 9.17) is 5.73 Å². The fourth-order valence-electron chi connectivity index (χ4n) is 1.47. The van der Waals surface area contributed by atoms with Crippen molar-refractivity contribution in [1.82, 2.24) is 9.78 Å². The molecule has 0 radical (unpaired) electrons. The highest BCUT2D eigenvalue weighted by Crippen LogP contribution is 2.20. The third-order valence-corrected chi connectivity index (χ3v) is 4.90. The van der Waals surface area contributed by atoms with E-state index in [0.29, 0.717) is 15.2 Å². The molecule has 0 bridgehead atoms. The number of nitrogens with zero attached hydrogens (tertiary/aromatic N) is 2. The number of halogens is 1. The van der Waals surface area contributed by atoms with Crippen LogP contribution in [0, 0.1) is 0 Å². The van der Waals surface area contributed by atoms with Gasteiger partial charge in [0.05, 0.1) is 20.8 Å². The zero-order chi connectivity index (χ0) is 13.3. The molecule has 0 saturated carbocycles. The van der Waals surface area contributed by atoms with E-state index >= 15 is 0 Å². The van der Waals surface area contributed by atoms with Crippen molar-refractivity contribution < 1.29 is 8.42 Å². The SMILES string of the molecule is CCS(=O)(=O)c1ccc(-n2cc(Br)c(N)n2)cc1. The van der Waals surface area contributed by atoms with Gasteiger partial charge >= 0.3 is 0 Å². The van der Waals surface area contributed by atoms with Crippen LogP contribution in [-0.2, 0) is 9.84 Å². The molecule has 1 aromatic heterocycles. The van der Waals surface area contributed by atoms with Gasteiger partial charge in [0.25, 0.3) is 0 Å². The Kier molecular flexibility index (Phi) is 3.45. The maximum absolute atomic E-state index is 11.7. The molecule has 0 unspecified atom stereocenters. The Morgan fingerprint density at radius 3 is 2.39 bits per heavy atom. The van der Waals surface area contributed by atoms with Crippen molar-refractivity contribution in [1.29, 1.82) is 0 Å². The molecule has 0 aliphatic rings. The lowest BCUT2D eigenvalue weighted by Crippen LogP contribution is -2.04. The standard InChI is InChI=1S/C11H12BrN3O2S/c1-2-18(16,17)9-5-3-8(4-6-9)15-7-10(12)11(13)14-15/h3-7H,2H2,1H3,(H2,13,14). The number of aromatic nitrogens is 2. The van der Waals surface area contributed by atoms with Crippen LogP contribution in [0.1, 0.15) is 6.92 Å². The second kappa shape index (κ2) is 4.74. The van der Waals surface area contributed by atoms with Crippen LogP contribution >= 0.6 is 15.9 Å². The van der Waals surface area contributed by atoms with Gasteiger partial charge < -0.3 is 5.73 Å². The average Bonchev–Trinajstić information content (AvgIpc) is 2.70. The molecule has 5 nitrogen and oxygen atoms in total. The monoisotopic (exact) mass is 329 g/mol. The van der Waals surface area contributed by atoms with E-state index in [-0.39, 0.29) is 5.75 Å². The molecule has 7 heteroatoms. The minimum Gasteiger partial charge on any atom is -0.381 e. The summed E-state index contributed by atoms with van der Waals surface area (Å²) in [4.78, 5) is 0.313. The van der Waals surface area contributed by atoms with Crippen molar-refractivity contribution in [2.45, 2.75) is 11.8 Å². The van der Waals surface area contributed by atoms with Gasteiger partial charge in [-0.2, -0.15) is 0 Å². The van der Waals surface area contributed by atoms with Crippen molar-refractivity contribution in [3.8, 4) is 5.69 Å². The molecule has 0 aliphatic carbocycles. The lowest BCUT2D eigenvalue weighted by molar-refractivity contribution is 0.597. The topological polar surface area (TPSA) is 78.0 Å². The smallest absolute Gasteiger partial charge is 0.178 e. The third kappa shape index (κ3) is 2.41. The van der Waals surface area contributed by atoms with Crippen LogP contribution in [0.5, 0.6) is 0 Å². The third-order valence-electron chi connectivity index (χ3n) is 2.54. The zero-order valence-corrected chi connectivity index (χ0v) is 12.1. The molecule has 2 aromatic rings. The number of rotatable bonds is 3. The molecule has 1 aromatic carbocycles. The van der Waals surface area contributed by atoms with Gasteiger partial charge in [-0.15, -0.1) is 5.10 Å². The fraction of sp³-hybridized carbons (Fsp3) is 0.182. The molecule has 1 heterocycles. The minimum atomic E-state index is -3.16. The van der Waals surface area contributed by atoms with E-state index in [1.54, 1.807) is 42.1 Å². The van der Waals surface area contributed by atoms with Crippen molar-refractivity contribution in [3.63, 3.8) is 0 Å². The molecule has 2 rings (SSSR count). The largest absolute Gasteiger partial charge is 0.381 e. The summed E-state index contributed by atoms with van der Waals surface area (Å²) in [6.07, 6.45) is 1.72. The van der Waals surface area contributed by atoms with Crippen LogP contribution in [0.3, 0.4) is 0 Å². The summed E-state index contributed by atoms with van der Waals surface area (Å²) in [5, 5.41) is 4.09. The minimum absolute atomic E-state index is 0.0899. The molecule has 2 N–H and O–H groups in total. The summed E-state index contributed by atoms with van der Waals surface area (Å²) in [7, 11) is -3.16. The molecule has 0 amide bonds. The van der Waals surface area contributed by atoms with E-state index in [2.05, 4.69) is 21.0 Å². The van der Waals surface area contributed by atoms with Gasteiger partial charge in [-0.1, -0.05) is 6.92 Å². The Labute approximate surface area is 114 Å². The highest BCUT2D eigenvalue weighted by atomic mass is 79.9. The second-order valence-electron chi connectivity index (χ2n) is 3.70. The van der Waals surface area contributed by atoms with E-state index in [1.807, 2.05) is 0 Å². The second-order valence-corrected chi connectivity index (χ2v) is 6.84. The van der Waals surface area contributed by atoms with Crippen molar-refractivity contribution >= 4 is 31.6 Å². The first kappa shape index (κ1) is 13.1. The highest BCUT2D eigenvalue weighted by molar-refractivity contribution is 9.10. The molecule has 0 saturated heterocycles. The zero-order valence-electron chi connectivity index (χ0n) is 9.67. The Morgan fingerprint density at radius 2 is 1.94 bits per heavy atom. The van der Waals surface area contributed by atoms with Crippen LogP contribution < -0.4 is 5.73 Å². The van der Waals surface area contributed by atoms with Gasteiger partial charge in [0.2, 0.25) is 0 Å². The number of sulfone groups is 1. The Bertz CT molecular complexity index is 643. The number of hydrogen-bond acceptors (Lipinski definition) is 4. The van der Waals surface area contributed by atoms with E-state index in [0.717, 1.165) is 5.69 Å². The molecular weight excluding hydrogens is 318 g/mol. The molecule has 0 atom stereocenters. The molecular formula is C11H12BrN3O2S. The van der Waals surface area contributed by atoms with Crippen molar-refractivity contribution in [3.05, 3.63) is 34.9 Å². The van der Waals surface area contributed by atoms with E-state index < -0.39 is 9.84 Å². The van der Waals surface area contributed by atoms with Gasteiger partial charge in [0.1, 0.15) is 0 Å². The molecule has 0 aliphatic heterocycles. The van der Waals surface area contributed by atoms with Gasteiger partial charge in [-0.05, 0) is 40.2 Å². The average molecular weight is 330 g/mol. The van der Waals surface area contributed by atoms with Gasteiger partial charge in [-0.3, -0.25) is 0 Å². The molecule has 0 spiro atoms. The Balaban J connectivity index is 2.39. The first-order chi connectivity index (χ1) is 8.44. The number of nitrogen functional groups attached to an aromatic ring is 1. The van der Waals surface area contributed by atoms with Crippen molar-refractivity contribution in [2.75, 3.05) is 11.5 Å². The first-order valence-electron chi connectivity index (χ1n) is 5.28. The summed E-state index contributed by atoms with van der Waals surface area (Å²) in [6.45, 7) is 1.62. The maximum atomic E-state index is 11.7. The van der Waals surface area contributed by atoms with Crippen LogP contribution in [0.25, 0.3) is 5.69 Å². The predicted octanol–water partition coefficient (Wildman–Crippen LogP) is 2.01. The quantitative estimate of drug-likeness (QED) is 0.934. The van der Waals surface area contributed by atoms with Gasteiger partial charge in [0.15, 0.2) is 15.7 Å². The summed E-state index contributed by atoms with van der Waals surface area (Å²) < 4.78 is 25.6. The lowest BCUT2D eigenvalue weighted by Gasteiger charge is -2.04. The summed E-state index contributed by atoms with van der Waals surface area (Å²) in [5.74, 6) is 0.479. The van der Waals surface area contributed by atoms with Crippen LogP contribution in [0.2, 0.25) is 0 Å². The van der Waals surface area contributed by atoms with Gasteiger partial charge in [0, 0.05) is 6.20 Å². The molecule has 18 heavy (non-hydrogen) atoms. The number of anilines is 1. The number of benzene rings is 1. The molecule has 96 valence electrons. The molecule has 0 fully saturated rings. The van der Waals surface area contributed by atoms with Gasteiger partial charge in [-0.25, -0.2) is 13.1 Å². The normalized spacial score (nSPS) is 11.7. The Morgan fingerprint density at radius 1 is 1.33 bits per heavy atom. The predicted molar refractivity (Wildman–Crippen MR) is 73.4 cm³/mol. The van der Waals surface area contributed by atoms with Crippen LogP contribution in [-0.4, -0.2) is 24.0 Å². The summed E-state index contributed by atoms with van der Waals surface area (Å²) in [5.41, 5.74) is 6.38. The number of hydrogen-bond donors (Lipinski definition) is 1. The van der Waals surface area contributed by atoms with Crippen molar-refractivity contribution in [2.24, 2.45) is 0 Å². The van der Waals surface area contributed by atoms with Crippen LogP contribution in [0.4, 0.5) is 5.82 Å². The maximum Gasteiger partial charge on any atom is 0.178 e. The Hall–Kier alpha value is -1.34. The summed E-state index contributed by atoms with van der Waals surface area (Å²) in [6, 6.07) is 6.53. The first-order valence-corrected chi connectivity index (χ1v) is 7.72. The van der Waals surface area contributed by atoms with E-state index in [9.17, 15) is 8.42 Å². The van der Waals surface area contributed by atoms with E-state index in [1.165, 1.54) is 0 Å².